The van der Waals surface area contributed by atoms with Crippen molar-refractivity contribution in [1.29, 1.82) is 0 Å². The first-order valence-electron chi connectivity index (χ1n) is 7.61. The summed E-state index contributed by atoms with van der Waals surface area (Å²) in [5, 5.41) is 17.3. The molecule has 1 aliphatic rings. The van der Waals surface area contributed by atoms with E-state index in [-0.39, 0.29) is 0 Å². The number of fused-ring (bicyclic) bond motifs is 1. The molecule has 0 saturated heterocycles. The zero-order valence-electron chi connectivity index (χ0n) is 11.8. The average Bonchev–Trinajstić information content (AvgIpc) is 2.91. The summed E-state index contributed by atoms with van der Waals surface area (Å²) < 4.78 is 1.91. The highest BCUT2D eigenvalue weighted by Gasteiger charge is 2.23. The summed E-state index contributed by atoms with van der Waals surface area (Å²) in [7, 11) is 0. The SMILES string of the molecule is OCC1CCCCC1CNCc1cnn2ccccc12. The van der Waals surface area contributed by atoms with Gasteiger partial charge in [0.2, 0.25) is 0 Å². The Hall–Kier alpha value is -1.39. The molecule has 0 amide bonds. The van der Waals surface area contributed by atoms with Gasteiger partial charge in [0, 0.05) is 24.9 Å². The van der Waals surface area contributed by atoms with Gasteiger partial charge in [-0.3, -0.25) is 0 Å². The van der Waals surface area contributed by atoms with Crippen molar-refractivity contribution in [3.63, 3.8) is 0 Å². The van der Waals surface area contributed by atoms with Gasteiger partial charge < -0.3 is 10.4 Å². The van der Waals surface area contributed by atoms with Gasteiger partial charge in [-0.25, -0.2) is 4.52 Å². The van der Waals surface area contributed by atoms with E-state index in [1.165, 1.54) is 36.8 Å². The Balaban J connectivity index is 1.57. The number of nitrogens with one attached hydrogen (secondary N) is 1. The van der Waals surface area contributed by atoms with Crippen LogP contribution in [-0.2, 0) is 6.54 Å². The van der Waals surface area contributed by atoms with E-state index in [0.29, 0.717) is 18.4 Å². The summed E-state index contributed by atoms with van der Waals surface area (Å²) in [6.07, 6.45) is 8.91. The molecule has 2 aromatic rings. The van der Waals surface area contributed by atoms with Gasteiger partial charge in [-0.2, -0.15) is 5.10 Å². The molecule has 20 heavy (non-hydrogen) atoms. The molecule has 2 atom stereocenters. The second-order valence-electron chi connectivity index (χ2n) is 5.82. The second kappa shape index (κ2) is 6.37. The lowest BCUT2D eigenvalue weighted by molar-refractivity contribution is 0.133. The summed E-state index contributed by atoms with van der Waals surface area (Å²) in [5.41, 5.74) is 2.41. The molecule has 1 fully saturated rings. The third kappa shape index (κ3) is 2.86. The van der Waals surface area contributed by atoms with Crippen molar-refractivity contribution >= 4 is 5.52 Å². The van der Waals surface area contributed by atoms with E-state index in [1.54, 1.807) is 0 Å². The van der Waals surface area contributed by atoms with Crippen LogP contribution < -0.4 is 5.32 Å². The Kier molecular flexibility index (Phi) is 4.33. The minimum Gasteiger partial charge on any atom is -0.396 e. The quantitative estimate of drug-likeness (QED) is 0.878. The number of pyridine rings is 1. The van der Waals surface area contributed by atoms with Gasteiger partial charge in [0.15, 0.2) is 0 Å². The van der Waals surface area contributed by atoms with Gasteiger partial charge in [-0.1, -0.05) is 18.9 Å². The smallest absolute Gasteiger partial charge is 0.0706 e. The summed E-state index contributed by atoms with van der Waals surface area (Å²) in [4.78, 5) is 0. The fourth-order valence-electron chi connectivity index (χ4n) is 3.31. The van der Waals surface area contributed by atoms with Crippen molar-refractivity contribution in [1.82, 2.24) is 14.9 Å². The van der Waals surface area contributed by atoms with E-state index in [2.05, 4.69) is 16.5 Å². The maximum atomic E-state index is 9.44. The van der Waals surface area contributed by atoms with Gasteiger partial charge >= 0.3 is 0 Å². The predicted octanol–water partition coefficient (Wildman–Crippen LogP) is 2.22. The number of hydrogen-bond acceptors (Lipinski definition) is 3. The van der Waals surface area contributed by atoms with E-state index in [0.717, 1.165) is 13.1 Å². The Morgan fingerprint density at radius 1 is 1.25 bits per heavy atom. The molecular formula is C16H23N3O. The molecule has 2 N–H and O–H groups in total. The number of aromatic nitrogens is 2. The third-order valence-electron chi connectivity index (χ3n) is 4.53. The highest BCUT2D eigenvalue weighted by molar-refractivity contribution is 5.53. The zero-order chi connectivity index (χ0) is 13.8. The van der Waals surface area contributed by atoms with E-state index in [9.17, 15) is 5.11 Å². The largest absolute Gasteiger partial charge is 0.396 e. The van der Waals surface area contributed by atoms with Crippen LogP contribution in [0.25, 0.3) is 5.52 Å². The zero-order valence-corrected chi connectivity index (χ0v) is 11.8. The molecule has 4 nitrogen and oxygen atoms in total. The number of aliphatic hydroxyl groups excluding tert-OH is 1. The standard InChI is InChI=1S/C16H23N3O/c20-12-14-6-2-1-5-13(14)9-17-10-15-11-18-19-8-4-3-7-16(15)19/h3-4,7-8,11,13-14,17,20H,1-2,5-6,9-10,12H2. The van der Waals surface area contributed by atoms with E-state index < -0.39 is 0 Å². The van der Waals surface area contributed by atoms with Crippen molar-refractivity contribution < 1.29 is 5.11 Å². The predicted molar refractivity (Wildman–Crippen MR) is 79.4 cm³/mol. The lowest BCUT2D eigenvalue weighted by Crippen LogP contribution is -2.32. The first kappa shape index (κ1) is 13.6. The maximum Gasteiger partial charge on any atom is 0.0706 e. The maximum absolute atomic E-state index is 9.44. The fourth-order valence-corrected chi connectivity index (χ4v) is 3.31. The molecule has 1 aliphatic carbocycles. The summed E-state index contributed by atoms with van der Waals surface area (Å²) >= 11 is 0. The number of hydrogen-bond donors (Lipinski definition) is 2. The van der Waals surface area contributed by atoms with Crippen LogP contribution in [0.3, 0.4) is 0 Å². The Labute approximate surface area is 119 Å². The minimum atomic E-state index is 0.336. The molecule has 2 aromatic heterocycles. The second-order valence-corrected chi connectivity index (χ2v) is 5.82. The van der Waals surface area contributed by atoms with Crippen LogP contribution in [0.5, 0.6) is 0 Å². The van der Waals surface area contributed by atoms with Crippen molar-refractivity contribution in [2.75, 3.05) is 13.2 Å². The van der Waals surface area contributed by atoms with Crippen molar-refractivity contribution in [2.45, 2.75) is 32.2 Å². The molecule has 0 aromatic carbocycles. The monoisotopic (exact) mass is 273 g/mol. The molecule has 0 radical (unpaired) electrons. The first-order valence-corrected chi connectivity index (χ1v) is 7.61. The van der Waals surface area contributed by atoms with Gasteiger partial charge in [-0.15, -0.1) is 0 Å². The lowest BCUT2D eigenvalue weighted by Gasteiger charge is -2.30. The van der Waals surface area contributed by atoms with Crippen LogP contribution in [0, 0.1) is 11.8 Å². The Morgan fingerprint density at radius 3 is 2.95 bits per heavy atom. The highest BCUT2D eigenvalue weighted by Crippen LogP contribution is 2.29. The molecule has 108 valence electrons. The highest BCUT2D eigenvalue weighted by atomic mass is 16.3. The number of rotatable bonds is 5. The summed E-state index contributed by atoms with van der Waals surface area (Å²) in [6.45, 7) is 2.18. The molecule has 0 aliphatic heterocycles. The van der Waals surface area contributed by atoms with Crippen LogP contribution in [-0.4, -0.2) is 27.9 Å². The van der Waals surface area contributed by atoms with Crippen molar-refractivity contribution in [3.05, 3.63) is 36.2 Å². The molecule has 1 saturated carbocycles. The molecule has 3 rings (SSSR count). The lowest BCUT2D eigenvalue weighted by atomic mass is 9.79. The van der Waals surface area contributed by atoms with E-state index >= 15 is 0 Å². The summed E-state index contributed by atoms with van der Waals surface area (Å²) in [5.74, 6) is 1.11. The number of nitrogens with zero attached hydrogens (tertiary/aromatic N) is 2. The third-order valence-corrected chi connectivity index (χ3v) is 4.53. The normalized spacial score (nSPS) is 23.2. The molecule has 0 bridgehead atoms. The molecular weight excluding hydrogens is 250 g/mol. The molecule has 2 unspecified atom stereocenters. The van der Waals surface area contributed by atoms with E-state index in [4.69, 9.17) is 0 Å². The average molecular weight is 273 g/mol. The van der Waals surface area contributed by atoms with Crippen LogP contribution in [0.1, 0.15) is 31.2 Å². The van der Waals surface area contributed by atoms with Gasteiger partial charge in [-0.05, 0) is 43.4 Å². The van der Waals surface area contributed by atoms with Gasteiger partial charge in [0.25, 0.3) is 0 Å². The fraction of sp³-hybridized carbons (Fsp3) is 0.562. The van der Waals surface area contributed by atoms with Crippen molar-refractivity contribution in [2.24, 2.45) is 11.8 Å². The minimum absolute atomic E-state index is 0.336. The van der Waals surface area contributed by atoms with Crippen LogP contribution >= 0.6 is 0 Å². The molecule has 0 spiro atoms. The Morgan fingerprint density at radius 2 is 2.10 bits per heavy atom. The van der Waals surface area contributed by atoms with Crippen LogP contribution in [0.4, 0.5) is 0 Å². The molecule has 2 heterocycles. The van der Waals surface area contributed by atoms with Crippen LogP contribution in [0.2, 0.25) is 0 Å². The topological polar surface area (TPSA) is 49.6 Å². The Bertz CT molecular complexity index is 551. The number of aliphatic hydroxyl groups is 1. The van der Waals surface area contributed by atoms with Crippen LogP contribution in [0.15, 0.2) is 30.6 Å². The van der Waals surface area contributed by atoms with E-state index in [1.807, 2.05) is 29.0 Å². The molecule has 4 heteroatoms. The van der Waals surface area contributed by atoms with Gasteiger partial charge in [0.05, 0.1) is 11.7 Å². The van der Waals surface area contributed by atoms with Crippen molar-refractivity contribution in [3.8, 4) is 0 Å². The first-order chi connectivity index (χ1) is 9.88. The van der Waals surface area contributed by atoms with Gasteiger partial charge in [0.1, 0.15) is 0 Å². The summed E-state index contributed by atoms with van der Waals surface area (Å²) in [6, 6.07) is 6.13.